The van der Waals surface area contributed by atoms with E-state index in [9.17, 15) is 4.21 Å². The molecule has 0 aliphatic heterocycles. The minimum absolute atomic E-state index is 0.0168. The van der Waals surface area contributed by atoms with Gasteiger partial charge in [0.05, 0.1) is 15.6 Å². The lowest BCUT2D eigenvalue weighted by Crippen LogP contribution is -2.21. The molecule has 0 N–H and O–H groups in total. The van der Waals surface area contributed by atoms with Gasteiger partial charge in [0.15, 0.2) is 5.17 Å². The zero-order valence-corrected chi connectivity index (χ0v) is 14.5. The number of nitrogens with zero attached hydrogens (tertiary/aromatic N) is 2. The van der Waals surface area contributed by atoms with Gasteiger partial charge >= 0.3 is 11.3 Å². The van der Waals surface area contributed by atoms with E-state index in [1.54, 1.807) is 42.5 Å². The SMILES string of the molecule is CN(N=C(Cl)c1c(Cl)cccc1Cl)S(=O)Oc1ccccc1. The first kappa shape index (κ1) is 17.1. The van der Waals surface area contributed by atoms with Crippen LogP contribution in [-0.2, 0) is 11.3 Å². The van der Waals surface area contributed by atoms with Crippen molar-refractivity contribution in [3.63, 3.8) is 0 Å². The van der Waals surface area contributed by atoms with Crippen molar-refractivity contribution in [1.82, 2.24) is 4.41 Å². The first-order valence-electron chi connectivity index (χ1n) is 6.06. The van der Waals surface area contributed by atoms with Gasteiger partial charge in [0.25, 0.3) is 0 Å². The number of hydrogen-bond acceptors (Lipinski definition) is 3. The first-order valence-corrected chi connectivity index (χ1v) is 8.23. The Balaban J connectivity index is 2.16. The Morgan fingerprint density at radius 3 is 2.27 bits per heavy atom. The van der Waals surface area contributed by atoms with Crippen LogP contribution in [0.2, 0.25) is 10.0 Å². The Hall–Kier alpha value is -1.27. The van der Waals surface area contributed by atoms with Crippen LogP contribution in [0.5, 0.6) is 5.75 Å². The Morgan fingerprint density at radius 2 is 1.68 bits per heavy atom. The van der Waals surface area contributed by atoms with E-state index in [4.69, 9.17) is 39.0 Å². The Labute approximate surface area is 146 Å². The van der Waals surface area contributed by atoms with Gasteiger partial charge in [-0.25, -0.2) is 0 Å². The normalized spacial score (nSPS) is 12.8. The molecule has 1 atom stereocenters. The average Bonchev–Trinajstić information content (AvgIpc) is 2.48. The number of hydrazone groups is 1. The highest BCUT2D eigenvalue weighted by Gasteiger charge is 2.14. The summed E-state index contributed by atoms with van der Waals surface area (Å²) < 4.78 is 18.4. The minimum atomic E-state index is -1.85. The van der Waals surface area contributed by atoms with Gasteiger partial charge < -0.3 is 4.18 Å². The van der Waals surface area contributed by atoms with Crippen molar-refractivity contribution in [2.75, 3.05) is 7.05 Å². The van der Waals surface area contributed by atoms with Crippen molar-refractivity contribution in [2.45, 2.75) is 0 Å². The Kier molecular flexibility index (Phi) is 6.08. The minimum Gasteiger partial charge on any atom is -0.384 e. The van der Waals surface area contributed by atoms with E-state index in [1.165, 1.54) is 7.05 Å². The van der Waals surface area contributed by atoms with Crippen LogP contribution in [0.4, 0.5) is 0 Å². The first-order chi connectivity index (χ1) is 10.5. The summed E-state index contributed by atoms with van der Waals surface area (Å²) in [5.41, 5.74) is 0.371. The highest BCUT2D eigenvalue weighted by Crippen LogP contribution is 2.26. The molecule has 0 aliphatic rings. The zero-order valence-electron chi connectivity index (χ0n) is 11.4. The molecule has 2 rings (SSSR count). The molecule has 0 aliphatic carbocycles. The summed E-state index contributed by atoms with van der Waals surface area (Å²) in [5, 5.41) is 4.71. The Morgan fingerprint density at radius 1 is 1.09 bits per heavy atom. The standard InChI is InChI=1S/C14H11Cl3N2O2S/c1-19(22(20)21-10-6-3-2-4-7-10)18-14(17)13-11(15)8-5-9-12(13)16/h2-9H,1H3. The van der Waals surface area contributed by atoms with Gasteiger partial charge in [-0.15, -0.1) is 5.10 Å². The summed E-state index contributed by atoms with van der Waals surface area (Å²) >= 11 is 16.3. The van der Waals surface area contributed by atoms with Gasteiger partial charge in [-0.3, -0.25) is 0 Å². The third kappa shape index (κ3) is 4.36. The summed E-state index contributed by atoms with van der Waals surface area (Å²) in [6.45, 7) is 0. The molecule has 2 aromatic carbocycles. The molecule has 4 nitrogen and oxygen atoms in total. The predicted octanol–water partition coefficient (Wildman–Crippen LogP) is 4.48. The molecule has 0 spiro atoms. The van der Waals surface area contributed by atoms with Crippen LogP contribution in [0.3, 0.4) is 0 Å². The maximum absolute atomic E-state index is 12.0. The number of halogens is 3. The van der Waals surface area contributed by atoms with Crippen molar-refractivity contribution < 1.29 is 8.39 Å². The summed E-state index contributed by atoms with van der Waals surface area (Å²) in [6, 6.07) is 13.7. The van der Waals surface area contributed by atoms with Crippen molar-refractivity contribution in [3.8, 4) is 5.75 Å². The van der Waals surface area contributed by atoms with E-state index in [0.717, 1.165) is 4.41 Å². The van der Waals surface area contributed by atoms with Crippen LogP contribution in [0.25, 0.3) is 0 Å². The smallest absolute Gasteiger partial charge is 0.334 e. The lowest BCUT2D eigenvalue weighted by molar-refractivity contribution is 0.468. The maximum Gasteiger partial charge on any atom is 0.334 e. The molecule has 116 valence electrons. The van der Waals surface area contributed by atoms with Gasteiger partial charge in [-0.05, 0) is 24.3 Å². The average molecular weight is 378 g/mol. The summed E-state index contributed by atoms with van der Waals surface area (Å²) in [6.07, 6.45) is 0. The molecular formula is C14H11Cl3N2O2S. The summed E-state index contributed by atoms with van der Waals surface area (Å²) in [7, 11) is 1.46. The molecule has 0 saturated heterocycles. The number of hydrogen-bond donors (Lipinski definition) is 0. The van der Waals surface area contributed by atoms with Crippen LogP contribution in [0.15, 0.2) is 53.6 Å². The summed E-state index contributed by atoms with van der Waals surface area (Å²) in [5.74, 6) is 0.454. The second kappa shape index (κ2) is 7.83. The van der Waals surface area contributed by atoms with E-state index in [0.29, 0.717) is 21.4 Å². The fraction of sp³-hybridized carbons (Fsp3) is 0.0714. The third-order valence-electron chi connectivity index (χ3n) is 2.52. The lowest BCUT2D eigenvalue weighted by Gasteiger charge is -2.13. The molecule has 0 amide bonds. The highest BCUT2D eigenvalue weighted by atomic mass is 35.5. The van der Waals surface area contributed by atoms with Crippen molar-refractivity contribution >= 4 is 51.2 Å². The second-order valence-corrected chi connectivity index (χ2v) is 6.37. The lowest BCUT2D eigenvalue weighted by atomic mass is 10.2. The molecule has 0 aromatic heterocycles. The van der Waals surface area contributed by atoms with Gasteiger partial charge in [0.1, 0.15) is 5.75 Å². The second-order valence-electron chi connectivity index (χ2n) is 4.07. The topological polar surface area (TPSA) is 41.9 Å². The Bertz CT molecular complexity index is 690. The third-order valence-corrected chi connectivity index (χ3v) is 4.27. The van der Waals surface area contributed by atoms with Gasteiger partial charge in [-0.2, -0.15) is 8.62 Å². The molecule has 0 fully saturated rings. The quantitative estimate of drug-likeness (QED) is 0.569. The molecule has 1 unspecified atom stereocenters. The molecule has 0 heterocycles. The number of benzene rings is 2. The van der Waals surface area contributed by atoms with Crippen molar-refractivity contribution in [2.24, 2.45) is 5.10 Å². The van der Waals surface area contributed by atoms with E-state index in [2.05, 4.69) is 5.10 Å². The number of para-hydroxylation sites is 1. The fourth-order valence-corrected chi connectivity index (χ4v) is 3.08. The fourth-order valence-electron chi connectivity index (χ4n) is 1.51. The monoisotopic (exact) mass is 376 g/mol. The summed E-state index contributed by atoms with van der Waals surface area (Å²) in [4.78, 5) is 0. The highest BCUT2D eigenvalue weighted by molar-refractivity contribution is 7.78. The molecule has 22 heavy (non-hydrogen) atoms. The predicted molar refractivity (Wildman–Crippen MR) is 91.8 cm³/mol. The zero-order chi connectivity index (χ0) is 16.1. The van der Waals surface area contributed by atoms with Gasteiger partial charge in [0.2, 0.25) is 0 Å². The van der Waals surface area contributed by atoms with Crippen LogP contribution < -0.4 is 4.18 Å². The van der Waals surface area contributed by atoms with Crippen LogP contribution in [-0.4, -0.2) is 20.8 Å². The van der Waals surface area contributed by atoms with Crippen LogP contribution >= 0.6 is 34.8 Å². The largest absolute Gasteiger partial charge is 0.384 e. The molecule has 0 saturated carbocycles. The number of rotatable bonds is 5. The van der Waals surface area contributed by atoms with E-state index >= 15 is 0 Å². The van der Waals surface area contributed by atoms with Crippen molar-refractivity contribution in [3.05, 3.63) is 64.1 Å². The molecule has 2 aromatic rings. The molecular weight excluding hydrogens is 367 g/mol. The van der Waals surface area contributed by atoms with Gasteiger partial charge in [0, 0.05) is 7.05 Å². The van der Waals surface area contributed by atoms with E-state index in [1.807, 2.05) is 6.07 Å². The van der Waals surface area contributed by atoms with Crippen molar-refractivity contribution in [1.29, 1.82) is 0 Å². The maximum atomic E-state index is 12.0. The molecule has 8 heteroatoms. The van der Waals surface area contributed by atoms with Crippen LogP contribution in [0, 0.1) is 0 Å². The molecule has 0 radical (unpaired) electrons. The van der Waals surface area contributed by atoms with Gasteiger partial charge in [-0.1, -0.05) is 59.1 Å². The van der Waals surface area contributed by atoms with E-state index < -0.39 is 11.3 Å². The molecule has 0 bridgehead atoms. The van der Waals surface area contributed by atoms with Crippen LogP contribution in [0.1, 0.15) is 5.56 Å². The van der Waals surface area contributed by atoms with E-state index in [-0.39, 0.29) is 5.17 Å².